The van der Waals surface area contributed by atoms with Gasteiger partial charge in [0.1, 0.15) is 0 Å². The van der Waals surface area contributed by atoms with Gasteiger partial charge in [-0.2, -0.15) is 0 Å². The van der Waals surface area contributed by atoms with E-state index in [-0.39, 0.29) is 0 Å². The first-order chi connectivity index (χ1) is 6.86. The third-order valence-corrected chi connectivity index (χ3v) is 4.81. The van der Waals surface area contributed by atoms with Crippen molar-refractivity contribution in [3.05, 3.63) is 0 Å². The first-order valence-corrected chi connectivity index (χ1v) is 6.33. The minimum atomic E-state index is 0.637. The van der Waals surface area contributed by atoms with E-state index in [1.54, 1.807) is 0 Å². The van der Waals surface area contributed by atoms with Gasteiger partial charge in [0, 0.05) is 6.04 Å². The minimum absolute atomic E-state index is 0.637. The molecule has 3 saturated carbocycles. The number of hydrazine groups is 1. The van der Waals surface area contributed by atoms with Crippen LogP contribution in [0.25, 0.3) is 0 Å². The highest BCUT2D eigenvalue weighted by molar-refractivity contribution is 4.96. The fourth-order valence-corrected chi connectivity index (χ4v) is 3.87. The van der Waals surface area contributed by atoms with E-state index in [2.05, 4.69) is 5.43 Å². The maximum absolute atomic E-state index is 5.71. The molecule has 4 unspecified atom stereocenters. The molecule has 0 aromatic heterocycles. The Morgan fingerprint density at radius 1 is 1.14 bits per heavy atom. The van der Waals surface area contributed by atoms with Crippen LogP contribution in [0.5, 0.6) is 0 Å². The largest absolute Gasteiger partial charge is 0.271 e. The summed E-state index contributed by atoms with van der Waals surface area (Å²) in [6.07, 6.45) is 10.2. The minimum Gasteiger partial charge on any atom is -0.271 e. The van der Waals surface area contributed by atoms with Gasteiger partial charge in [-0.25, -0.2) is 0 Å². The number of nitrogens with two attached hydrogens (primary N) is 1. The summed E-state index contributed by atoms with van der Waals surface area (Å²) >= 11 is 0. The van der Waals surface area contributed by atoms with E-state index in [0.717, 1.165) is 23.7 Å². The third kappa shape index (κ3) is 1.59. The van der Waals surface area contributed by atoms with E-state index in [9.17, 15) is 0 Å². The monoisotopic (exact) mass is 194 g/mol. The van der Waals surface area contributed by atoms with Crippen molar-refractivity contribution in [1.82, 2.24) is 5.43 Å². The molecule has 4 atom stereocenters. The second kappa shape index (κ2) is 3.49. The lowest BCUT2D eigenvalue weighted by Gasteiger charge is -2.30. The number of hydrogen-bond acceptors (Lipinski definition) is 2. The van der Waals surface area contributed by atoms with Gasteiger partial charge in [-0.3, -0.25) is 11.3 Å². The van der Waals surface area contributed by atoms with Crippen LogP contribution in [-0.4, -0.2) is 6.04 Å². The lowest BCUT2D eigenvalue weighted by Crippen LogP contribution is -2.43. The zero-order valence-electron chi connectivity index (χ0n) is 8.91. The summed E-state index contributed by atoms with van der Waals surface area (Å²) in [5.74, 6) is 9.71. The van der Waals surface area contributed by atoms with Crippen molar-refractivity contribution < 1.29 is 0 Å². The van der Waals surface area contributed by atoms with E-state index in [1.807, 2.05) is 0 Å². The highest BCUT2D eigenvalue weighted by Gasteiger charge is 2.43. The summed E-state index contributed by atoms with van der Waals surface area (Å²) in [6.45, 7) is 0. The molecule has 2 heteroatoms. The van der Waals surface area contributed by atoms with Gasteiger partial charge < -0.3 is 0 Å². The average molecular weight is 194 g/mol. The Morgan fingerprint density at radius 2 is 2.00 bits per heavy atom. The summed E-state index contributed by atoms with van der Waals surface area (Å²) < 4.78 is 0. The molecular weight excluding hydrogens is 172 g/mol. The summed E-state index contributed by atoms with van der Waals surface area (Å²) in [6, 6.07) is 0.637. The Kier molecular flexibility index (Phi) is 2.29. The highest BCUT2D eigenvalue weighted by atomic mass is 15.2. The van der Waals surface area contributed by atoms with Crippen molar-refractivity contribution in [3.63, 3.8) is 0 Å². The highest BCUT2D eigenvalue weighted by Crippen LogP contribution is 2.51. The van der Waals surface area contributed by atoms with E-state index in [0.29, 0.717) is 6.04 Å². The van der Waals surface area contributed by atoms with Crippen LogP contribution >= 0.6 is 0 Å². The van der Waals surface area contributed by atoms with Gasteiger partial charge in [-0.1, -0.05) is 19.3 Å². The van der Waals surface area contributed by atoms with Gasteiger partial charge >= 0.3 is 0 Å². The van der Waals surface area contributed by atoms with Gasteiger partial charge in [0.05, 0.1) is 0 Å². The Morgan fingerprint density at radius 3 is 2.50 bits per heavy atom. The van der Waals surface area contributed by atoms with Crippen LogP contribution in [0.3, 0.4) is 0 Å². The van der Waals surface area contributed by atoms with Gasteiger partial charge in [-0.15, -0.1) is 0 Å². The van der Waals surface area contributed by atoms with E-state index >= 15 is 0 Å². The van der Waals surface area contributed by atoms with Crippen LogP contribution in [0.2, 0.25) is 0 Å². The predicted molar refractivity (Wildman–Crippen MR) is 57.4 cm³/mol. The first-order valence-electron chi connectivity index (χ1n) is 6.33. The second-order valence-electron chi connectivity index (χ2n) is 5.79. The molecule has 3 N–H and O–H groups in total. The quantitative estimate of drug-likeness (QED) is 0.531. The molecule has 0 spiro atoms. The van der Waals surface area contributed by atoms with Crippen molar-refractivity contribution in [2.75, 3.05) is 0 Å². The summed E-state index contributed by atoms with van der Waals surface area (Å²) in [4.78, 5) is 0. The third-order valence-electron chi connectivity index (χ3n) is 4.81. The molecular formula is C12H22N2. The molecule has 3 fully saturated rings. The van der Waals surface area contributed by atoms with Crippen molar-refractivity contribution in [2.24, 2.45) is 29.5 Å². The van der Waals surface area contributed by atoms with E-state index in [1.165, 1.54) is 44.9 Å². The van der Waals surface area contributed by atoms with Crippen LogP contribution in [0.15, 0.2) is 0 Å². The molecule has 2 bridgehead atoms. The smallest absolute Gasteiger partial charge is 0.0244 e. The lowest BCUT2D eigenvalue weighted by atomic mass is 9.81. The normalized spacial score (nSPS) is 43.1. The molecule has 0 amide bonds. The second-order valence-corrected chi connectivity index (χ2v) is 5.79. The van der Waals surface area contributed by atoms with Gasteiger partial charge in [-0.05, 0) is 49.4 Å². The van der Waals surface area contributed by atoms with Gasteiger partial charge in [0.25, 0.3) is 0 Å². The summed E-state index contributed by atoms with van der Waals surface area (Å²) in [7, 11) is 0. The Bertz CT molecular complexity index is 212. The molecule has 0 aromatic rings. The van der Waals surface area contributed by atoms with Crippen LogP contribution in [0.4, 0.5) is 0 Å². The van der Waals surface area contributed by atoms with E-state index < -0.39 is 0 Å². The fourth-order valence-electron chi connectivity index (χ4n) is 3.87. The summed E-state index contributed by atoms with van der Waals surface area (Å²) in [5.41, 5.74) is 3.10. The van der Waals surface area contributed by atoms with Crippen LogP contribution in [-0.2, 0) is 0 Å². The molecule has 3 aliphatic rings. The van der Waals surface area contributed by atoms with Crippen molar-refractivity contribution >= 4 is 0 Å². The SMILES string of the molecule is NNC(CC1CC1)C1CC2CCC1C2. The summed E-state index contributed by atoms with van der Waals surface area (Å²) in [5, 5.41) is 0. The van der Waals surface area contributed by atoms with Crippen molar-refractivity contribution in [1.29, 1.82) is 0 Å². The average Bonchev–Trinajstić information content (AvgIpc) is 2.77. The van der Waals surface area contributed by atoms with Crippen LogP contribution < -0.4 is 11.3 Å². The van der Waals surface area contributed by atoms with Crippen LogP contribution in [0, 0.1) is 23.7 Å². The van der Waals surface area contributed by atoms with Crippen molar-refractivity contribution in [3.8, 4) is 0 Å². The molecule has 0 heterocycles. The number of hydrogen-bond donors (Lipinski definition) is 2. The Labute approximate surface area is 86.6 Å². The first kappa shape index (κ1) is 9.17. The molecule has 0 saturated heterocycles. The maximum atomic E-state index is 5.71. The number of nitrogens with one attached hydrogen (secondary N) is 1. The number of fused-ring (bicyclic) bond motifs is 2. The van der Waals surface area contributed by atoms with Crippen LogP contribution in [0.1, 0.15) is 44.9 Å². The van der Waals surface area contributed by atoms with Gasteiger partial charge in [0.15, 0.2) is 0 Å². The zero-order chi connectivity index (χ0) is 9.54. The predicted octanol–water partition coefficient (Wildman–Crippen LogP) is 2.05. The molecule has 80 valence electrons. The number of rotatable bonds is 4. The molecule has 0 radical (unpaired) electrons. The zero-order valence-corrected chi connectivity index (χ0v) is 8.91. The fraction of sp³-hybridized carbons (Fsp3) is 1.00. The van der Waals surface area contributed by atoms with Gasteiger partial charge in [0.2, 0.25) is 0 Å². The van der Waals surface area contributed by atoms with E-state index in [4.69, 9.17) is 5.84 Å². The molecule has 2 nitrogen and oxygen atoms in total. The standard InChI is InChI=1S/C12H22N2/c13-14-12(7-8-1-2-8)11-6-9-3-4-10(11)5-9/h8-12,14H,1-7,13H2. The Balaban J connectivity index is 1.61. The molecule has 0 aliphatic heterocycles. The molecule has 14 heavy (non-hydrogen) atoms. The topological polar surface area (TPSA) is 38.0 Å². The maximum Gasteiger partial charge on any atom is 0.0244 e. The molecule has 3 rings (SSSR count). The van der Waals surface area contributed by atoms with Crippen molar-refractivity contribution in [2.45, 2.75) is 51.0 Å². The Hall–Kier alpha value is -0.0800. The molecule has 3 aliphatic carbocycles. The molecule has 0 aromatic carbocycles. The lowest BCUT2D eigenvalue weighted by molar-refractivity contribution is 0.233.